The van der Waals surface area contributed by atoms with Crippen molar-refractivity contribution in [1.29, 1.82) is 0 Å². The highest BCUT2D eigenvalue weighted by molar-refractivity contribution is 5.99. The van der Waals surface area contributed by atoms with Crippen LogP contribution in [-0.2, 0) is 0 Å². The van der Waals surface area contributed by atoms with Crippen LogP contribution in [0.1, 0.15) is 36.7 Å². The Morgan fingerprint density at radius 1 is 1.13 bits per heavy atom. The molecule has 1 rings (SSSR count). The molecular formula is C13H19NO. The lowest BCUT2D eigenvalue weighted by molar-refractivity contribution is 0.0946. The molecule has 1 atom stereocenters. The van der Waals surface area contributed by atoms with E-state index in [0.29, 0.717) is 6.04 Å². The first kappa shape index (κ1) is 11.9. The molecule has 0 aliphatic heterocycles. The van der Waals surface area contributed by atoms with Crippen molar-refractivity contribution in [2.75, 3.05) is 0 Å². The second kappa shape index (κ2) is 5.08. The van der Waals surface area contributed by atoms with Crippen LogP contribution in [0.4, 0.5) is 0 Å². The van der Waals surface area contributed by atoms with Gasteiger partial charge in [-0.2, -0.15) is 0 Å². The molecule has 0 aliphatic rings. The first-order valence-corrected chi connectivity index (χ1v) is 5.37. The molecule has 0 aliphatic carbocycles. The molecule has 0 saturated carbocycles. The van der Waals surface area contributed by atoms with Crippen LogP contribution in [0, 0.1) is 6.92 Å². The normalized spacial score (nSPS) is 12.9. The first-order chi connectivity index (χ1) is 7.00. The van der Waals surface area contributed by atoms with Crippen LogP contribution in [-0.4, -0.2) is 17.9 Å². The molecule has 0 fully saturated rings. The van der Waals surface area contributed by atoms with E-state index in [1.807, 2.05) is 52.0 Å². The van der Waals surface area contributed by atoms with Gasteiger partial charge in [-0.3, -0.25) is 4.79 Å². The van der Waals surface area contributed by atoms with Crippen LogP contribution in [0.3, 0.4) is 0 Å². The van der Waals surface area contributed by atoms with Gasteiger partial charge in [-0.05, 0) is 13.8 Å². The minimum atomic E-state index is -0.118. The SMILES string of the molecule is Cc1ccc(C(=O)C(C)NC(C)C)cc1. The summed E-state index contributed by atoms with van der Waals surface area (Å²) in [5, 5.41) is 3.21. The highest BCUT2D eigenvalue weighted by Gasteiger charge is 2.14. The topological polar surface area (TPSA) is 29.1 Å². The minimum Gasteiger partial charge on any atom is -0.305 e. The van der Waals surface area contributed by atoms with E-state index in [0.717, 1.165) is 5.56 Å². The van der Waals surface area contributed by atoms with Crippen molar-refractivity contribution in [1.82, 2.24) is 5.32 Å². The predicted octanol–water partition coefficient (Wildman–Crippen LogP) is 2.56. The van der Waals surface area contributed by atoms with Crippen LogP contribution in [0.5, 0.6) is 0 Å². The van der Waals surface area contributed by atoms with E-state index >= 15 is 0 Å². The fourth-order valence-corrected chi connectivity index (χ4v) is 1.54. The Labute approximate surface area is 91.7 Å². The summed E-state index contributed by atoms with van der Waals surface area (Å²) < 4.78 is 0. The summed E-state index contributed by atoms with van der Waals surface area (Å²) in [4.78, 5) is 11.9. The number of hydrogen-bond donors (Lipinski definition) is 1. The van der Waals surface area contributed by atoms with Gasteiger partial charge in [0.25, 0.3) is 0 Å². The van der Waals surface area contributed by atoms with Crippen LogP contribution >= 0.6 is 0 Å². The third-order valence-electron chi connectivity index (χ3n) is 2.31. The number of nitrogens with one attached hydrogen (secondary N) is 1. The number of aryl methyl sites for hydroxylation is 1. The van der Waals surface area contributed by atoms with Crippen molar-refractivity contribution in [3.05, 3.63) is 35.4 Å². The minimum absolute atomic E-state index is 0.118. The smallest absolute Gasteiger partial charge is 0.179 e. The van der Waals surface area contributed by atoms with E-state index in [2.05, 4.69) is 5.32 Å². The van der Waals surface area contributed by atoms with Gasteiger partial charge in [-0.15, -0.1) is 0 Å². The summed E-state index contributed by atoms with van der Waals surface area (Å²) in [5.41, 5.74) is 1.96. The fourth-order valence-electron chi connectivity index (χ4n) is 1.54. The summed E-state index contributed by atoms with van der Waals surface area (Å²) in [6, 6.07) is 7.92. The quantitative estimate of drug-likeness (QED) is 0.765. The molecule has 2 nitrogen and oxygen atoms in total. The Kier molecular flexibility index (Phi) is 4.04. The number of carbonyl (C=O) groups excluding carboxylic acids is 1. The summed E-state index contributed by atoms with van der Waals surface area (Å²) in [6.45, 7) is 8.00. The summed E-state index contributed by atoms with van der Waals surface area (Å²) in [5.74, 6) is 0.156. The zero-order chi connectivity index (χ0) is 11.4. The van der Waals surface area contributed by atoms with Gasteiger partial charge in [-0.1, -0.05) is 43.7 Å². The summed E-state index contributed by atoms with van der Waals surface area (Å²) in [6.07, 6.45) is 0. The molecule has 2 heteroatoms. The van der Waals surface area contributed by atoms with E-state index in [9.17, 15) is 4.79 Å². The Balaban J connectivity index is 2.72. The molecule has 1 aromatic carbocycles. The molecule has 1 aromatic rings. The molecule has 0 aromatic heterocycles. The standard InChI is InChI=1S/C13H19NO/c1-9(2)14-11(4)13(15)12-7-5-10(3)6-8-12/h5-9,11,14H,1-4H3. The van der Waals surface area contributed by atoms with Gasteiger partial charge in [-0.25, -0.2) is 0 Å². The Morgan fingerprint density at radius 2 is 1.67 bits per heavy atom. The Bertz CT molecular complexity index is 327. The summed E-state index contributed by atoms with van der Waals surface area (Å²) >= 11 is 0. The van der Waals surface area contributed by atoms with Gasteiger partial charge in [0.15, 0.2) is 5.78 Å². The maximum Gasteiger partial charge on any atom is 0.179 e. The second-order valence-electron chi connectivity index (χ2n) is 4.27. The van der Waals surface area contributed by atoms with Gasteiger partial charge < -0.3 is 5.32 Å². The lowest BCUT2D eigenvalue weighted by atomic mass is 10.0. The molecule has 0 amide bonds. The molecule has 0 saturated heterocycles. The van der Waals surface area contributed by atoms with Crippen molar-refractivity contribution < 1.29 is 4.79 Å². The van der Waals surface area contributed by atoms with E-state index < -0.39 is 0 Å². The van der Waals surface area contributed by atoms with Crippen LogP contribution in [0.15, 0.2) is 24.3 Å². The van der Waals surface area contributed by atoms with Crippen molar-refractivity contribution >= 4 is 5.78 Å². The fraction of sp³-hybridized carbons (Fsp3) is 0.462. The van der Waals surface area contributed by atoms with Crippen molar-refractivity contribution in [2.24, 2.45) is 0 Å². The largest absolute Gasteiger partial charge is 0.305 e. The van der Waals surface area contributed by atoms with Crippen molar-refractivity contribution in [2.45, 2.75) is 39.8 Å². The Morgan fingerprint density at radius 3 is 2.13 bits per heavy atom. The third-order valence-corrected chi connectivity index (χ3v) is 2.31. The van der Waals surface area contributed by atoms with E-state index in [1.165, 1.54) is 5.56 Å². The number of ketones is 1. The van der Waals surface area contributed by atoms with Crippen LogP contribution in [0.25, 0.3) is 0 Å². The van der Waals surface area contributed by atoms with Gasteiger partial charge >= 0.3 is 0 Å². The lowest BCUT2D eigenvalue weighted by Gasteiger charge is -2.15. The van der Waals surface area contributed by atoms with Crippen molar-refractivity contribution in [3.63, 3.8) is 0 Å². The molecule has 0 bridgehead atoms. The number of carbonyl (C=O) groups is 1. The van der Waals surface area contributed by atoms with Crippen molar-refractivity contribution in [3.8, 4) is 0 Å². The number of rotatable bonds is 4. The molecule has 1 N–H and O–H groups in total. The van der Waals surface area contributed by atoms with Crippen LogP contribution in [0.2, 0.25) is 0 Å². The molecular weight excluding hydrogens is 186 g/mol. The third kappa shape index (κ3) is 3.48. The molecule has 0 heterocycles. The highest BCUT2D eigenvalue weighted by atomic mass is 16.1. The van der Waals surface area contributed by atoms with Crippen LogP contribution < -0.4 is 5.32 Å². The lowest BCUT2D eigenvalue weighted by Crippen LogP contribution is -2.38. The second-order valence-corrected chi connectivity index (χ2v) is 4.27. The van der Waals surface area contributed by atoms with E-state index in [-0.39, 0.29) is 11.8 Å². The zero-order valence-corrected chi connectivity index (χ0v) is 9.87. The monoisotopic (exact) mass is 205 g/mol. The number of hydrogen-bond acceptors (Lipinski definition) is 2. The molecule has 0 spiro atoms. The number of Topliss-reactive ketones (excluding diaryl/α,β-unsaturated/α-hetero) is 1. The Hall–Kier alpha value is -1.15. The average molecular weight is 205 g/mol. The average Bonchev–Trinajstić information content (AvgIpc) is 2.17. The van der Waals surface area contributed by atoms with Gasteiger partial charge in [0.05, 0.1) is 6.04 Å². The molecule has 82 valence electrons. The summed E-state index contributed by atoms with van der Waals surface area (Å²) in [7, 11) is 0. The molecule has 1 unspecified atom stereocenters. The molecule has 0 radical (unpaired) electrons. The highest BCUT2D eigenvalue weighted by Crippen LogP contribution is 2.06. The maximum atomic E-state index is 11.9. The van der Waals surface area contributed by atoms with Gasteiger partial charge in [0, 0.05) is 11.6 Å². The van der Waals surface area contributed by atoms with Gasteiger partial charge in [0.2, 0.25) is 0 Å². The number of benzene rings is 1. The van der Waals surface area contributed by atoms with E-state index in [1.54, 1.807) is 0 Å². The first-order valence-electron chi connectivity index (χ1n) is 5.37. The predicted molar refractivity (Wildman–Crippen MR) is 63.2 cm³/mol. The zero-order valence-electron chi connectivity index (χ0n) is 9.87. The molecule has 15 heavy (non-hydrogen) atoms. The van der Waals surface area contributed by atoms with E-state index in [4.69, 9.17) is 0 Å². The van der Waals surface area contributed by atoms with Gasteiger partial charge in [0.1, 0.15) is 0 Å². The maximum absolute atomic E-state index is 11.9.